The smallest absolute Gasteiger partial charge is 0.230 e. The van der Waals surface area contributed by atoms with Crippen LogP contribution in [0.5, 0.6) is 17.4 Å². The van der Waals surface area contributed by atoms with Crippen LogP contribution >= 0.6 is 0 Å². The van der Waals surface area contributed by atoms with Gasteiger partial charge in [0, 0.05) is 30.6 Å². The Balaban J connectivity index is 1.42. The van der Waals surface area contributed by atoms with E-state index in [1.165, 1.54) is 16.7 Å². The molecule has 0 saturated carbocycles. The molecule has 6 nitrogen and oxygen atoms in total. The highest BCUT2D eigenvalue weighted by atomic mass is 16.5. The molecule has 1 aliphatic rings. The number of likely N-dealkylation sites (N-methyl/N-ethyl adjacent to an activating group) is 1. The predicted octanol–water partition coefficient (Wildman–Crippen LogP) is 4.91. The average molecular weight is 402 g/mol. The second-order valence-corrected chi connectivity index (χ2v) is 7.65. The van der Waals surface area contributed by atoms with Crippen molar-refractivity contribution < 1.29 is 9.47 Å². The maximum absolute atomic E-state index is 5.97. The molecule has 0 radical (unpaired) electrons. The van der Waals surface area contributed by atoms with Crippen molar-refractivity contribution in [3.8, 4) is 17.4 Å². The van der Waals surface area contributed by atoms with E-state index in [4.69, 9.17) is 9.47 Å². The summed E-state index contributed by atoms with van der Waals surface area (Å²) in [6, 6.07) is 15.6. The number of hydrogen-bond acceptors (Lipinski definition) is 6. The highest BCUT2D eigenvalue weighted by molar-refractivity contribution is 5.65. The number of nitrogens with one attached hydrogen (secondary N) is 1. The molecule has 0 aliphatic heterocycles. The van der Waals surface area contributed by atoms with Gasteiger partial charge in [0.2, 0.25) is 11.8 Å². The fourth-order valence-corrected chi connectivity index (χ4v) is 3.27. The van der Waals surface area contributed by atoms with E-state index in [9.17, 15) is 0 Å². The van der Waals surface area contributed by atoms with Crippen LogP contribution in [0.2, 0.25) is 0 Å². The first-order chi connectivity index (χ1) is 14.5. The number of aromatic nitrogens is 2. The molecule has 154 valence electrons. The van der Waals surface area contributed by atoms with Crippen LogP contribution in [0.15, 0.2) is 60.3 Å². The van der Waals surface area contributed by atoms with Gasteiger partial charge in [-0.05, 0) is 62.8 Å². The van der Waals surface area contributed by atoms with Crippen LogP contribution in [0.4, 0.5) is 11.6 Å². The quantitative estimate of drug-likeness (QED) is 0.578. The molecule has 0 atom stereocenters. The molecule has 1 aromatic heterocycles. The lowest BCUT2D eigenvalue weighted by Gasteiger charge is -2.12. The molecule has 1 N–H and O–H groups in total. The molecule has 0 fully saturated rings. The predicted molar refractivity (Wildman–Crippen MR) is 120 cm³/mol. The Morgan fingerprint density at radius 2 is 1.97 bits per heavy atom. The van der Waals surface area contributed by atoms with Crippen LogP contribution in [0.25, 0.3) is 6.08 Å². The molecular formula is C24H26N4O2. The third-order valence-corrected chi connectivity index (χ3v) is 4.74. The molecule has 1 heterocycles. The monoisotopic (exact) mass is 402 g/mol. The summed E-state index contributed by atoms with van der Waals surface area (Å²) in [6.07, 6.45) is 4.89. The Morgan fingerprint density at radius 1 is 1.07 bits per heavy atom. The van der Waals surface area contributed by atoms with Crippen molar-refractivity contribution in [1.82, 2.24) is 14.9 Å². The van der Waals surface area contributed by atoms with Gasteiger partial charge in [0.05, 0.1) is 0 Å². The Labute approximate surface area is 177 Å². The number of nitrogens with zero attached hydrogens (tertiary/aromatic N) is 3. The summed E-state index contributed by atoms with van der Waals surface area (Å²) < 4.78 is 11.8. The normalized spacial score (nSPS) is 12.5. The zero-order valence-electron chi connectivity index (χ0n) is 17.6. The maximum Gasteiger partial charge on any atom is 0.230 e. The molecule has 2 aromatic carbocycles. The minimum Gasteiger partial charge on any atom is -0.492 e. The third kappa shape index (κ3) is 5.15. The Bertz CT molecular complexity index is 1060. The lowest BCUT2D eigenvalue weighted by atomic mass is 10.1. The number of allylic oxidation sites excluding steroid dienone is 1. The number of rotatable bonds is 8. The van der Waals surface area contributed by atoms with E-state index in [2.05, 4.69) is 45.3 Å². The van der Waals surface area contributed by atoms with Gasteiger partial charge >= 0.3 is 0 Å². The summed E-state index contributed by atoms with van der Waals surface area (Å²) in [5.41, 5.74) is 4.76. The maximum atomic E-state index is 5.97. The fraction of sp³-hybridized carbons (Fsp3) is 0.250. The van der Waals surface area contributed by atoms with Crippen molar-refractivity contribution in [2.45, 2.75) is 13.3 Å². The summed E-state index contributed by atoms with van der Waals surface area (Å²) in [7, 11) is 4.04. The molecule has 4 rings (SSSR count). The lowest BCUT2D eigenvalue weighted by molar-refractivity contribution is 0.261. The number of fused-ring (bicyclic) bond motifs is 1. The van der Waals surface area contributed by atoms with Gasteiger partial charge in [-0.1, -0.05) is 23.8 Å². The molecule has 0 spiro atoms. The van der Waals surface area contributed by atoms with Gasteiger partial charge in [-0.2, -0.15) is 4.98 Å². The summed E-state index contributed by atoms with van der Waals surface area (Å²) in [5, 5.41) is 3.21. The minimum absolute atomic E-state index is 0.467. The highest BCUT2D eigenvalue weighted by Gasteiger charge is 2.11. The van der Waals surface area contributed by atoms with Crippen LogP contribution in [0.1, 0.15) is 18.1 Å². The van der Waals surface area contributed by atoms with Crippen LogP contribution < -0.4 is 14.8 Å². The molecule has 3 aromatic rings. The van der Waals surface area contributed by atoms with E-state index in [1.807, 2.05) is 44.4 Å². The van der Waals surface area contributed by atoms with Crippen molar-refractivity contribution in [2.75, 3.05) is 32.6 Å². The van der Waals surface area contributed by atoms with Gasteiger partial charge in [0.1, 0.15) is 18.1 Å². The van der Waals surface area contributed by atoms with Gasteiger partial charge in [0.15, 0.2) is 0 Å². The van der Waals surface area contributed by atoms with Crippen molar-refractivity contribution in [3.63, 3.8) is 0 Å². The van der Waals surface area contributed by atoms with Crippen molar-refractivity contribution in [2.24, 2.45) is 0 Å². The van der Waals surface area contributed by atoms with Gasteiger partial charge in [-0.25, -0.2) is 4.98 Å². The third-order valence-electron chi connectivity index (χ3n) is 4.74. The summed E-state index contributed by atoms with van der Waals surface area (Å²) >= 11 is 0. The summed E-state index contributed by atoms with van der Waals surface area (Å²) in [5.74, 6) is 2.52. The van der Waals surface area contributed by atoms with E-state index in [0.29, 0.717) is 18.4 Å². The largest absolute Gasteiger partial charge is 0.492 e. The lowest BCUT2D eigenvalue weighted by Crippen LogP contribution is -2.19. The molecule has 1 aliphatic carbocycles. The van der Waals surface area contributed by atoms with Crippen molar-refractivity contribution >= 4 is 17.7 Å². The topological polar surface area (TPSA) is 59.5 Å². The SMILES string of the molecule is CC1=Cc2cc(Oc3ccnc(Nc4cccc(OCCN(C)C)c4)n3)ccc2C1. The van der Waals surface area contributed by atoms with Crippen LogP contribution in [-0.4, -0.2) is 42.1 Å². The van der Waals surface area contributed by atoms with E-state index >= 15 is 0 Å². The first-order valence-corrected chi connectivity index (χ1v) is 10.0. The molecule has 0 unspecified atom stereocenters. The van der Waals surface area contributed by atoms with Crippen LogP contribution in [-0.2, 0) is 6.42 Å². The second kappa shape index (κ2) is 8.97. The Kier molecular flexibility index (Phi) is 5.95. The number of benzene rings is 2. The molecule has 6 heteroatoms. The highest BCUT2D eigenvalue weighted by Crippen LogP contribution is 2.30. The molecule has 0 bridgehead atoms. The van der Waals surface area contributed by atoms with Crippen molar-refractivity contribution in [1.29, 1.82) is 0 Å². The van der Waals surface area contributed by atoms with E-state index < -0.39 is 0 Å². The van der Waals surface area contributed by atoms with Gasteiger partial charge in [-0.3, -0.25) is 0 Å². The standard InChI is InChI=1S/C24H26N4O2/c1-17-13-18-7-8-22(15-19(18)14-17)30-23-9-10-25-24(27-23)26-20-5-4-6-21(16-20)29-12-11-28(2)3/h4-10,14-16H,11-13H2,1-3H3,(H,25,26,27). The molecule has 30 heavy (non-hydrogen) atoms. The van der Waals surface area contributed by atoms with Gasteiger partial charge < -0.3 is 19.7 Å². The van der Waals surface area contributed by atoms with E-state index in [0.717, 1.165) is 30.2 Å². The van der Waals surface area contributed by atoms with Gasteiger partial charge in [-0.15, -0.1) is 0 Å². The van der Waals surface area contributed by atoms with Crippen LogP contribution in [0.3, 0.4) is 0 Å². The average Bonchev–Trinajstić information content (AvgIpc) is 3.08. The van der Waals surface area contributed by atoms with E-state index in [-0.39, 0.29) is 0 Å². The molecular weight excluding hydrogens is 376 g/mol. The van der Waals surface area contributed by atoms with E-state index in [1.54, 1.807) is 12.3 Å². The molecule has 0 amide bonds. The Morgan fingerprint density at radius 3 is 2.83 bits per heavy atom. The Hall–Kier alpha value is -3.38. The number of anilines is 2. The minimum atomic E-state index is 0.467. The number of ether oxygens (including phenoxy) is 2. The molecule has 0 saturated heterocycles. The van der Waals surface area contributed by atoms with Gasteiger partial charge in [0.25, 0.3) is 0 Å². The second-order valence-electron chi connectivity index (χ2n) is 7.65. The zero-order chi connectivity index (χ0) is 20.9. The first kappa shape index (κ1) is 19.9. The summed E-state index contributed by atoms with van der Waals surface area (Å²) in [4.78, 5) is 10.9. The van der Waals surface area contributed by atoms with Crippen LogP contribution in [0, 0.1) is 0 Å². The number of hydrogen-bond donors (Lipinski definition) is 1. The summed E-state index contributed by atoms with van der Waals surface area (Å²) in [6.45, 7) is 3.63. The van der Waals surface area contributed by atoms with Crippen molar-refractivity contribution in [3.05, 3.63) is 71.4 Å². The zero-order valence-corrected chi connectivity index (χ0v) is 17.6. The first-order valence-electron chi connectivity index (χ1n) is 10.0. The fourth-order valence-electron chi connectivity index (χ4n) is 3.27.